The third-order valence-corrected chi connectivity index (χ3v) is 2.81. The lowest BCUT2D eigenvalue weighted by atomic mass is 10.1. The molecule has 1 atom stereocenters. The van der Waals surface area contributed by atoms with E-state index in [2.05, 4.69) is 29.1 Å². The van der Waals surface area contributed by atoms with E-state index >= 15 is 0 Å². The Labute approximate surface area is 90.2 Å². The molecule has 15 heavy (non-hydrogen) atoms. The highest BCUT2D eigenvalue weighted by Crippen LogP contribution is 2.17. The average molecular weight is 209 g/mol. The fourth-order valence-electron chi connectivity index (χ4n) is 1.88. The van der Waals surface area contributed by atoms with E-state index in [1.165, 1.54) is 0 Å². The van der Waals surface area contributed by atoms with Gasteiger partial charge in [-0.3, -0.25) is 0 Å². The molecule has 0 spiro atoms. The van der Waals surface area contributed by atoms with Gasteiger partial charge in [-0.2, -0.15) is 0 Å². The van der Waals surface area contributed by atoms with E-state index in [9.17, 15) is 0 Å². The van der Waals surface area contributed by atoms with Crippen LogP contribution in [0.4, 0.5) is 5.82 Å². The molecule has 1 aliphatic rings. The van der Waals surface area contributed by atoms with Gasteiger partial charge in [0.05, 0.1) is 6.20 Å². The largest absolute Gasteiger partial charge is 0.352 e. The molecule has 0 radical (unpaired) electrons. The summed E-state index contributed by atoms with van der Waals surface area (Å²) >= 11 is 0. The summed E-state index contributed by atoms with van der Waals surface area (Å²) < 4.78 is 1.88. The maximum Gasteiger partial charge on any atom is 0.171 e. The molecule has 0 aliphatic carbocycles. The Bertz CT molecular complexity index is 319. The van der Waals surface area contributed by atoms with E-state index in [0.29, 0.717) is 6.04 Å². The van der Waals surface area contributed by atoms with Gasteiger partial charge in [-0.05, 0) is 26.7 Å². The van der Waals surface area contributed by atoms with Crippen molar-refractivity contribution in [2.75, 3.05) is 18.0 Å². The van der Waals surface area contributed by atoms with E-state index in [0.717, 1.165) is 31.7 Å². The summed E-state index contributed by atoms with van der Waals surface area (Å²) in [5.41, 5.74) is 5.93. The van der Waals surface area contributed by atoms with Gasteiger partial charge in [0.15, 0.2) is 5.82 Å². The Morgan fingerprint density at radius 1 is 1.53 bits per heavy atom. The van der Waals surface area contributed by atoms with Crippen LogP contribution in [-0.4, -0.2) is 34.1 Å². The van der Waals surface area contributed by atoms with Crippen molar-refractivity contribution in [3.63, 3.8) is 0 Å². The Morgan fingerprint density at radius 3 is 2.93 bits per heavy atom. The second kappa shape index (κ2) is 4.18. The van der Waals surface area contributed by atoms with Crippen LogP contribution >= 0.6 is 0 Å². The molecular weight excluding hydrogens is 190 g/mol. The molecule has 0 amide bonds. The molecule has 2 heterocycles. The minimum absolute atomic E-state index is 0.281. The summed E-state index contributed by atoms with van der Waals surface area (Å²) in [4.78, 5) is 2.22. The number of hydrogen-bond donors (Lipinski definition) is 1. The van der Waals surface area contributed by atoms with Gasteiger partial charge >= 0.3 is 0 Å². The van der Waals surface area contributed by atoms with Gasteiger partial charge in [0.2, 0.25) is 0 Å². The van der Waals surface area contributed by atoms with Crippen LogP contribution in [0.15, 0.2) is 6.20 Å². The zero-order valence-corrected chi connectivity index (χ0v) is 9.43. The van der Waals surface area contributed by atoms with Crippen molar-refractivity contribution in [3.05, 3.63) is 6.20 Å². The van der Waals surface area contributed by atoms with E-state index < -0.39 is 0 Å². The van der Waals surface area contributed by atoms with Crippen LogP contribution in [0.2, 0.25) is 0 Å². The molecule has 1 fully saturated rings. The van der Waals surface area contributed by atoms with Crippen LogP contribution in [0.1, 0.15) is 32.7 Å². The molecule has 0 saturated carbocycles. The predicted octanol–water partition coefficient (Wildman–Crippen LogP) is 0.786. The Hall–Kier alpha value is -1.10. The van der Waals surface area contributed by atoms with Crippen molar-refractivity contribution >= 4 is 5.82 Å². The third-order valence-electron chi connectivity index (χ3n) is 2.81. The first-order valence-corrected chi connectivity index (χ1v) is 5.59. The molecule has 2 N–H and O–H groups in total. The highest BCUT2D eigenvalue weighted by atomic mass is 15.5. The summed E-state index contributed by atoms with van der Waals surface area (Å²) in [6.45, 7) is 6.14. The quantitative estimate of drug-likeness (QED) is 0.782. The van der Waals surface area contributed by atoms with Gasteiger partial charge < -0.3 is 10.6 Å². The molecule has 0 bridgehead atoms. The van der Waals surface area contributed by atoms with Crippen LogP contribution in [-0.2, 0) is 0 Å². The monoisotopic (exact) mass is 209 g/mol. The fraction of sp³-hybridized carbons (Fsp3) is 0.800. The first-order chi connectivity index (χ1) is 7.16. The topological polar surface area (TPSA) is 60.0 Å². The molecule has 5 nitrogen and oxygen atoms in total. The molecule has 0 unspecified atom stereocenters. The summed E-state index contributed by atoms with van der Waals surface area (Å²) in [5.74, 6) is 0.957. The van der Waals surface area contributed by atoms with Crippen molar-refractivity contribution in [3.8, 4) is 0 Å². The molecule has 1 saturated heterocycles. The normalized spacial score (nSPS) is 22.4. The number of hydrogen-bond acceptors (Lipinski definition) is 4. The Balaban J connectivity index is 2.08. The minimum atomic E-state index is 0.281. The molecule has 1 aliphatic heterocycles. The molecular formula is C10H19N5. The van der Waals surface area contributed by atoms with E-state index in [1.807, 2.05) is 10.9 Å². The summed E-state index contributed by atoms with van der Waals surface area (Å²) in [6, 6.07) is 0.646. The number of piperidine rings is 1. The zero-order chi connectivity index (χ0) is 10.8. The van der Waals surface area contributed by atoms with Crippen LogP contribution < -0.4 is 10.6 Å². The van der Waals surface area contributed by atoms with Gasteiger partial charge in [-0.1, -0.05) is 5.21 Å². The number of nitrogens with zero attached hydrogens (tertiary/aromatic N) is 4. The summed E-state index contributed by atoms with van der Waals surface area (Å²) in [7, 11) is 0. The number of nitrogens with two attached hydrogens (primary N) is 1. The van der Waals surface area contributed by atoms with E-state index in [-0.39, 0.29) is 6.04 Å². The molecule has 0 aromatic carbocycles. The SMILES string of the molecule is CC(C)n1cc(N2CCC[C@H](N)C2)nn1. The second-order valence-corrected chi connectivity index (χ2v) is 4.50. The van der Waals surface area contributed by atoms with E-state index in [1.54, 1.807) is 0 Å². The maximum absolute atomic E-state index is 5.93. The fourth-order valence-corrected chi connectivity index (χ4v) is 1.88. The Kier molecular flexibility index (Phi) is 2.90. The highest BCUT2D eigenvalue weighted by molar-refractivity contribution is 5.35. The Morgan fingerprint density at radius 2 is 2.33 bits per heavy atom. The lowest BCUT2D eigenvalue weighted by Gasteiger charge is -2.30. The van der Waals surface area contributed by atoms with Gasteiger partial charge in [0.1, 0.15) is 0 Å². The van der Waals surface area contributed by atoms with Crippen LogP contribution in [0.5, 0.6) is 0 Å². The maximum atomic E-state index is 5.93. The average Bonchev–Trinajstić information content (AvgIpc) is 2.66. The number of rotatable bonds is 2. The van der Waals surface area contributed by atoms with Gasteiger partial charge in [-0.25, -0.2) is 4.68 Å². The van der Waals surface area contributed by atoms with Gasteiger partial charge in [-0.15, -0.1) is 5.10 Å². The van der Waals surface area contributed by atoms with Crippen molar-refractivity contribution in [2.24, 2.45) is 5.73 Å². The van der Waals surface area contributed by atoms with Crippen LogP contribution in [0.25, 0.3) is 0 Å². The summed E-state index contributed by atoms with van der Waals surface area (Å²) in [6.07, 6.45) is 4.27. The third kappa shape index (κ3) is 2.28. The molecule has 1 aromatic heterocycles. The van der Waals surface area contributed by atoms with Crippen molar-refractivity contribution in [1.82, 2.24) is 15.0 Å². The predicted molar refractivity (Wildman–Crippen MR) is 59.8 cm³/mol. The smallest absolute Gasteiger partial charge is 0.171 e. The molecule has 84 valence electrons. The molecule has 1 aromatic rings. The van der Waals surface area contributed by atoms with Gasteiger partial charge in [0, 0.05) is 25.2 Å². The second-order valence-electron chi connectivity index (χ2n) is 4.50. The zero-order valence-electron chi connectivity index (χ0n) is 9.43. The van der Waals surface area contributed by atoms with Crippen LogP contribution in [0, 0.1) is 0 Å². The first-order valence-electron chi connectivity index (χ1n) is 5.59. The van der Waals surface area contributed by atoms with Crippen LogP contribution in [0.3, 0.4) is 0 Å². The van der Waals surface area contributed by atoms with Crippen molar-refractivity contribution < 1.29 is 0 Å². The van der Waals surface area contributed by atoms with Crippen molar-refractivity contribution in [2.45, 2.75) is 38.8 Å². The number of anilines is 1. The number of aromatic nitrogens is 3. The first kappa shape index (κ1) is 10.4. The molecule has 2 rings (SSSR count). The minimum Gasteiger partial charge on any atom is -0.352 e. The van der Waals surface area contributed by atoms with E-state index in [4.69, 9.17) is 5.73 Å². The lowest BCUT2D eigenvalue weighted by Crippen LogP contribution is -2.43. The standard InChI is InChI=1S/C10H19N5/c1-8(2)15-7-10(12-13-15)14-5-3-4-9(11)6-14/h7-9H,3-6,11H2,1-2H3/t9-/m0/s1. The summed E-state index contributed by atoms with van der Waals surface area (Å²) in [5, 5.41) is 8.28. The lowest BCUT2D eigenvalue weighted by molar-refractivity contribution is 0.503. The van der Waals surface area contributed by atoms with Crippen molar-refractivity contribution in [1.29, 1.82) is 0 Å². The molecule has 5 heteroatoms. The van der Waals surface area contributed by atoms with Gasteiger partial charge in [0.25, 0.3) is 0 Å². The highest BCUT2D eigenvalue weighted by Gasteiger charge is 2.19.